The second-order valence-electron chi connectivity index (χ2n) is 18.0. The minimum Gasteiger partial charge on any atom is -0.456 e. The molecule has 0 fully saturated rings. The van der Waals surface area contributed by atoms with E-state index >= 15 is 0 Å². The molecule has 0 N–H and O–H groups in total. The van der Waals surface area contributed by atoms with Crippen LogP contribution < -0.4 is 4.90 Å². The lowest BCUT2D eigenvalue weighted by atomic mass is 9.67. The quantitative estimate of drug-likeness (QED) is 0.166. The maximum atomic E-state index is 6.97. The van der Waals surface area contributed by atoms with Gasteiger partial charge in [-0.1, -0.05) is 190 Å². The lowest BCUT2D eigenvalue weighted by Gasteiger charge is -2.35. The van der Waals surface area contributed by atoms with E-state index in [-0.39, 0.29) is 5.41 Å². The first-order valence-electron chi connectivity index (χ1n) is 22.3. The summed E-state index contributed by atoms with van der Waals surface area (Å²) in [5.74, 6) is 0. The van der Waals surface area contributed by atoms with Crippen molar-refractivity contribution < 1.29 is 4.42 Å². The van der Waals surface area contributed by atoms with Gasteiger partial charge >= 0.3 is 0 Å². The third-order valence-corrected chi connectivity index (χ3v) is 14.3. The van der Waals surface area contributed by atoms with Gasteiger partial charge in [-0.2, -0.15) is 0 Å². The lowest BCUT2D eigenvalue weighted by molar-refractivity contribution is 0.660. The molecule has 2 nitrogen and oxygen atoms in total. The highest BCUT2D eigenvalue weighted by Gasteiger charge is 2.46. The average molecular weight is 818 g/mol. The van der Waals surface area contributed by atoms with Gasteiger partial charge in [0, 0.05) is 33.6 Å². The molecular weight excluding hydrogens is 775 g/mol. The lowest BCUT2D eigenvalue weighted by Crippen LogP contribution is -2.28. The summed E-state index contributed by atoms with van der Waals surface area (Å²) in [6.07, 6.45) is 0. The maximum Gasteiger partial charge on any atom is 0.138 e. The van der Waals surface area contributed by atoms with Crippen LogP contribution in [-0.4, -0.2) is 0 Å². The van der Waals surface area contributed by atoms with Gasteiger partial charge in [0.2, 0.25) is 0 Å². The molecule has 1 heterocycles. The van der Waals surface area contributed by atoms with E-state index in [2.05, 4.69) is 243 Å². The number of benzene rings is 10. The smallest absolute Gasteiger partial charge is 0.138 e. The van der Waals surface area contributed by atoms with Gasteiger partial charge in [0.1, 0.15) is 11.2 Å². The molecule has 13 rings (SSSR count). The van der Waals surface area contributed by atoms with E-state index in [1.165, 1.54) is 66.4 Å². The molecule has 2 aliphatic rings. The molecule has 0 spiro atoms. The highest BCUT2D eigenvalue weighted by atomic mass is 16.3. The Hall–Kier alpha value is -7.94. The van der Waals surface area contributed by atoms with E-state index < -0.39 is 5.41 Å². The summed E-state index contributed by atoms with van der Waals surface area (Å²) in [5.41, 5.74) is 19.4. The number of rotatable bonds is 6. The Balaban J connectivity index is 1.11. The monoisotopic (exact) mass is 817 g/mol. The van der Waals surface area contributed by atoms with Crippen molar-refractivity contribution in [2.75, 3.05) is 4.90 Å². The van der Waals surface area contributed by atoms with Crippen LogP contribution in [0.2, 0.25) is 0 Å². The van der Waals surface area contributed by atoms with Gasteiger partial charge in [0.15, 0.2) is 0 Å². The fourth-order valence-corrected chi connectivity index (χ4v) is 11.4. The standard InChI is InChI=1S/C62H43NO/c1-61(2)54-28-16-14-26-48(54)50-32-30-45(37-56(50)61)63(47-36-52(40-18-6-3-7-19-40)60-53-34-41-20-12-13-21-42(41)35-58(53)64-59(60)39-47)46-31-33-51-49-27-15-17-29-55(49)62(57(51)38-46,43-22-8-4-9-23-43)44-24-10-5-11-25-44/h3-39H,1-2H3. The molecule has 302 valence electrons. The van der Waals surface area contributed by atoms with Crippen molar-refractivity contribution in [2.45, 2.75) is 24.7 Å². The van der Waals surface area contributed by atoms with Crippen molar-refractivity contribution in [2.24, 2.45) is 0 Å². The molecule has 0 saturated carbocycles. The number of fused-ring (bicyclic) bond motifs is 10. The Morgan fingerprint density at radius 1 is 0.359 bits per heavy atom. The van der Waals surface area contributed by atoms with E-state index in [0.717, 1.165) is 50.1 Å². The summed E-state index contributed by atoms with van der Waals surface area (Å²) in [4.78, 5) is 2.47. The Morgan fingerprint density at radius 2 is 0.875 bits per heavy atom. The van der Waals surface area contributed by atoms with Crippen molar-refractivity contribution in [3.63, 3.8) is 0 Å². The van der Waals surface area contributed by atoms with Crippen molar-refractivity contribution in [3.8, 4) is 33.4 Å². The molecule has 1 aromatic heterocycles. The van der Waals surface area contributed by atoms with E-state index in [1.807, 2.05) is 0 Å². The summed E-state index contributed by atoms with van der Waals surface area (Å²) in [6, 6.07) is 82.8. The molecule has 0 bridgehead atoms. The second-order valence-corrected chi connectivity index (χ2v) is 18.0. The van der Waals surface area contributed by atoms with Crippen LogP contribution in [0.25, 0.3) is 66.1 Å². The molecule has 0 saturated heterocycles. The summed E-state index contributed by atoms with van der Waals surface area (Å²) in [7, 11) is 0. The van der Waals surface area contributed by atoms with Crippen molar-refractivity contribution in [3.05, 3.63) is 258 Å². The minimum absolute atomic E-state index is 0.178. The maximum absolute atomic E-state index is 6.97. The Labute approximate surface area is 373 Å². The normalized spacial score (nSPS) is 14.0. The van der Waals surface area contributed by atoms with Crippen LogP contribution in [0.15, 0.2) is 229 Å². The summed E-state index contributed by atoms with van der Waals surface area (Å²) >= 11 is 0. The molecule has 0 aliphatic heterocycles. The third-order valence-electron chi connectivity index (χ3n) is 14.3. The minimum atomic E-state index is -0.544. The van der Waals surface area contributed by atoms with Crippen LogP contribution in [0.3, 0.4) is 0 Å². The predicted octanol–water partition coefficient (Wildman–Crippen LogP) is 16.5. The zero-order chi connectivity index (χ0) is 42.6. The molecule has 0 amide bonds. The van der Waals surface area contributed by atoms with E-state index in [9.17, 15) is 0 Å². The van der Waals surface area contributed by atoms with Crippen molar-refractivity contribution in [1.29, 1.82) is 0 Å². The van der Waals surface area contributed by atoms with Crippen molar-refractivity contribution >= 4 is 49.8 Å². The predicted molar refractivity (Wildman–Crippen MR) is 266 cm³/mol. The molecule has 0 atom stereocenters. The van der Waals surface area contributed by atoms with Crippen LogP contribution in [0, 0.1) is 0 Å². The molecular formula is C62H43NO. The number of nitrogens with zero attached hydrogens (tertiary/aromatic N) is 1. The van der Waals surface area contributed by atoms with Crippen LogP contribution in [0.1, 0.15) is 47.2 Å². The molecule has 10 aromatic carbocycles. The number of hydrogen-bond donors (Lipinski definition) is 0. The Morgan fingerprint density at radius 3 is 1.55 bits per heavy atom. The Kier molecular flexibility index (Phi) is 7.90. The number of anilines is 3. The Bertz CT molecular complexity index is 3600. The van der Waals surface area contributed by atoms with Gasteiger partial charge in [0.05, 0.1) is 11.1 Å². The van der Waals surface area contributed by atoms with E-state index in [0.29, 0.717) is 0 Å². The SMILES string of the molecule is CC1(C)c2ccccc2-c2ccc(N(c3ccc4c(c3)C(c3ccccc3)(c3ccccc3)c3ccccc3-4)c3cc(-c4ccccc4)c4c(c3)oc3cc5ccccc5cc34)cc21. The highest BCUT2D eigenvalue weighted by Crippen LogP contribution is 2.58. The molecule has 0 radical (unpaired) electrons. The molecule has 0 unspecified atom stereocenters. The first kappa shape index (κ1) is 36.7. The average Bonchev–Trinajstić information content (AvgIpc) is 3.94. The molecule has 2 heteroatoms. The fourth-order valence-electron chi connectivity index (χ4n) is 11.4. The first-order valence-corrected chi connectivity index (χ1v) is 22.3. The summed E-state index contributed by atoms with van der Waals surface area (Å²) in [6.45, 7) is 4.73. The fraction of sp³-hybridized carbons (Fsp3) is 0.0645. The van der Waals surface area contributed by atoms with E-state index in [4.69, 9.17) is 4.42 Å². The zero-order valence-corrected chi connectivity index (χ0v) is 35.7. The highest BCUT2D eigenvalue weighted by molar-refractivity contribution is 6.17. The van der Waals surface area contributed by atoms with Gasteiger partial charge < -0.3 is 9.32 Å². The van der Waals surface area contributed by atoms with Crippen molar-refractivity contribution in [1.82, 2.24) is 0 Å². The van der Waals surface area contributed by atoms with Gasteiger partial charge in [-0.25, -0.2) is 0 Å². The topological polar surface area (TPSA) is 16.4 Å². The largest absolute Gasteiger partial charge is 0.456 e. The van der Waals surface area contributed by atoms with Gasteiger partial charge in [-0.15, -0.1) is 0 Å². The van der Waals surface area contributed by atoms with Gasteiger partial charge in [-0.05, 0) is 120 Å². The van der Waals surface area contributed by atoms with Crippen LogP contribution in [-0.2, 0) is 10.8 Å². The van der Waals surface area contributed by atoms with Crippen LogP contribution in [0.5, 0.6) is 0 Å². The molecule has 11 aromatic rings. The molecule has 2 aliphatic carbocycles. The summed E-state index contributed by atoms with van der Waals surface area (Å²) < 4.78 is 6.97. The van der Waals surface area contributed by atoms with Gasteiger partial charge in [0.25, 0.3) is 0 Å². The number of furan rings is 1. The van der Waals surface area contributed by atoms with Crippen LogP contribution >= 0.6 is 0 Å². The van der Waals surface area contributed by atoms with Gasteiger partial charge in [-0.3, -0.25) is 0 Å². The summed E-state index contributed by atoms with van der Waals surface area (Å²) in [5, 5.41) is 4.60. The zero-order valence-electron chi connectivity index (χ0n) is 35.7. The third kappa shape index (κ3) is 5.20. The molecule has 64 heavy (non-hydrogen) atoms. The number of hydrogen-bond acceptors (Lipinski definition) is 2. The van der Waals surface area contributed by atoms with E-state index in [1.54, 1.807) is 0 Å². The second kappa shape index (κ2) is 13.8. The first-order chi connectivity index (χ1) is 31.5. The van der Waals surface area contributed by atoms with Crippen LogP contribution in [0.4, 0.5) is 17.1 Å².